The number of aryl methyl sites for hydroxylation is 1. The van der Waals surface area contributed by atoms with Crippen LogP contribution in [0.2, 0.25) is 0 Å². The molecule has 3 aromatic rings. The van der Waals surface area contributed by atoms with Gasteiger partial charge in [0.2, 0.25) is 8.03 Å². The van der Waals surface area contributed by atoms with Gasteiger partial charge in [0, 0.05) is 12.0 Å². The Labute approximate surface area is 204 Å². The van der Waals surface area contributed by atoms with Crippen LogP contribution in [0.3, 0.4) is 0 Å². The number of aliphatic carboxylic acids is 1. The molecule has 1 heterocycles. The molecule has 4 rings (SSSR count). The van der Waals surface area contributed by atoms with E-state index in [-0.39, 0.29) is 24.5 Å². The van der Waals surface area contributed by atoms with Crippen molar-refractivity contribution in [2.45, 2.75) is 49.8 Å². The molecule has 1 aromatic heterocycles. The molecular weight excluding hydrogens is 468 g/mol. The van der Waals surface area contributed by atoms with E-state index in [1.54, 1.807) is 6.07 Å². The van der Waals surface area contributed by atoms with Crippen molar-refractivity contribution in [2.24, 2.45) is 5.92 Å². The second kappa shape index (κ2) is 10.0. The Balaban J connectivity index is 1.92. The Hall–Kier alpha value is -2.86. The van der Waals surface area contributed by atoms with Gasteiger partial charge in [0.25, 0.3) is 0 Å². The normalized spacial score (nSPS) is 17.8. The number of rotatable bonds is 10. The van der Waals surface area contributed by atoms with Crippen molar-refractivity contribution in [2.75, 3.05) is 0 Å². The van der Waals surface area contributed by atoms with E-state index in [0.29, 0.717) is 17.7 Å². The average Bonchev–Trinajstić information content (AvgIpc) is 3.66. The van der Waals surface area contributed by atoms with Crippen LogP contribution in [0.25, 0.3) is 11.3 Å². The Bertz CT molecular complexity index is 1220. The van der Waals surface area contributed by atoms with Gasteiger partial charge in [0.15, 0.2) is 5.16 Å². The van der Waals surface area contributed by atoms with Gasteiger partial charge in [-0.1, -0.05) is 61.4 Å². The van der Waals surface area contributed by atoms with Crippen LogP contribution in [0.1, 0.15) is 42.5 Å². The zero-order chi connectivity index (χ0) is 25.2. The van der Waals surface area contributed by atoms with Gasteiger partial charge in [-0.15, -0.1) is 0 Å². The van der Waals surface area contributed by atoms with Crippen molar-refractivity contribution in [1.29, 1.82) is 0 Å². The van der Waals surface area contributed by atoms with Crippen molar-refractivity contribution < 1.29 is 28.9 Å². The minimum absolute atomic E-state index is 0.00289. The maximum Gasteiger partial charge on any atom is 0.322 e. The lowest BCUT2D eigenvalue weighted by Crippen LogP contribution is -2.56. The van der Waals surface area contributed by atoms with E-state index >= 15 is 0 Å². The van der Waals surface area contributed by atoms with Crippen molar-refractivity contribution in [3.63, 3.8) is 0 Å². The molecule has 0 spiro atoms. The molecule has 2 aromatic carbocycles. The van der Waals surface area contributed by atoms with Gasteiger partial charge in [0.05, 0.1) is 11.4 Å². The summed E-state index contributed by atoms with van der Waals surface area (Å²) in [5, 5.41) is 20.3. The molecule has 1 aliphatic rings. The summed E-state index contributed by atoms with van der Waals surface area (Å²) in [7, 11) is -3.83. The summed E-state index contributed by atoms with van der Waals surface area (Å²) in [5.74, 6) is -1.75. The van der Waals surface area contributed by atoms with Gasteiger partial charge >= 0.3 is 5.97 Å². The van der Waals surface area contributed by atoms with E-state index in [0.717, 1.165) is 24.0 Å². The number of benzene rings is 2. The van der Waals surface area contributed by atoms with E-state index < -0.39 is 30.6 Å². The number of aliphatic hydroxyl groups is 1. The highest BCUT2D eigenvalue weighted by atomic mass is 31.1. The first-order valence-corrected chi connectivity index (χ1v) is 13.0. The Kier molecular flexibility index (Phi) is 7.22. The number of aromatic nitrogens is 1. The summed E-state index contributed by atoms with van der Waals surface area (Å²) < 4.78 is 26.5. The number of carbonyl (C=O) groups is 1. The zero-order valence-corrected chi connectivity index (χ0v) is 20.4. The molecule has 0 radical (unpaired) electrons. The molecule has 184 valence electrons. The minimum atomic E-state index is -3.83. The van der Waals surface area contributed by atoms with Gasteiger partial charge < -0.3 is 15.1 Å². The number of hydrogen-bond donors (Lipinski definition) is 3. The van der Waals surface area contributed by atoms with E-state index in [4.69, 9.17) is 0 Å². The van der Waals surface area contributed by atoms with Crippen LogP contribution in [0.4, 0.5) is 4.39 Å². The highest BCUT2D eigenvalue weighted by molar-refractivity contribution is 7.41. The fourth-order valence-electron chi connectivity index (χ4n) is 4.70. The van der Waals surface area contributed by atoms with Gasteiger partial charge in [-0.2, -0.15) is 0 Å². The summed E-state index contributed by atoms with van der Waals surface area (Å²) >= 11 is 0. The molecule has 6 nitrogen and oxygen atoms in total. The van der Waals surface area contributed by atoms with Crippen LogP contribution in [0.5, 0.6) is 0 Å². The van der Waals surface area contributed by atoms with Crippen molar-refractivity contribution in [3.8, 4) is 11.3 Å². The highest BCUT2D eigenvalue weighted by Crippen LogP contribution is 2.55. The molecule has 3 unspecified atom stereocenters. The molecule has 3 atom stereocenters. The third-order valence-corrected chi connectivity index (χ3v) is 8.61. The predicted octanol–water partition coefficient (Wildman–Crippen LogP) is 5.11. The molecule has 0 saturated heterocycles. The number of pyridine rings is 1. The quantitative estimate of drug-likeness (QED) is 0.336. The molecule has 8 heteroatoms. The summed E-state index contributed by atoms with van der Waals surface area (Å²) in [6.45, 7) is 1.85. The monoisotopic (exact) mass is 497 g/mol. The number of carboxylic acid groups (broad SMARTS) is 1. The molecule has 0 bridgehead atoms. The van der Waals surface area contributed by atoms with E-state index in [1.165, 1.54) is 30.3 Å². The lowest BCUT2D eigenvalue weighted by Gasteiger charge is -2.42. The van der Waals surface area contributed by atoms with E-state index in [2.05, 4.69) is 4.98 Å². The molecule has 1 fully saturated rings. The first-order chi connectivity index (χ1) is 16.7. The summed E-state index contributed by atoms with van der Waals surface area (Å²) in [5.41, 5.74) is 0.216. The lowest BCUT2D eigenvalue weighted by atomic mass is 9.75. The van der Waals surface area contributed by atoms with E-state index in [1.807, 2.05) is 37.3 Å². The van der Waals surface area contributed by atoms with Crippen molar-refractivity contribution in [3.05, 3.63) is 89.4 Å². The van der Waals surface area contributed by atoms with Gasteiger partial charge in [-0.25, -0.2) is 9.37 Å². The second-order valence-corrected chi connectivity index (χ2v) is 10.9. The summed E-state index contributed by atoms with van der Waals surface area (Å²) in [6.07, 6.45) is 1.78. The average molecular weight is 498 g/mol. The molecule has 0 aliphatic heterocycles. The zero-order valence-electron chi connectivity index (χ0n) is 19.4. The van der Waals surface area contributed by atoms with Gasteiger partial charge in [-0.3, -0.25) is 9.36 Å². The van der Waals surface area contributed by atoms with Crippen LogP contribution in [0, 0.1) is 18.7 Å². The lowest BCUT2D eigenvalue weighted by molar-refractivity contribution is -0.151. The summed E-state index contributed by atoms with van der Waals surface area (Å²) in [4.78, 5) is 28.0. The third-order valence-electron chi connectivity index (χ3n) is 7.00. The summed E-state index contributed by atoms with van der Waals surface area (Å²) in [6, 6.07) is 17.8. The first-order valence-electron chi connectivity index (χ1n) is 11.6. The number of nitrogens with zero attached hydrogens (tertiary/aromatic N) is 1. The third kappa shape index (κ3) is 4.94. The maximum absolute atomic E-state index is 13.6. The van der Waals surface area contributed by atoms with Crippen LogP contribution >= 0.6 is 8.03 Å². The molecule has 1 saturated carbocycles. The smallest absolute Gasteiger partial charge is 0.322 e. The van der Waals surface area contributed by atoms with Crippen LogP contribution < -0.4 is 0 Å². The molecule has 1 aliphatic carbocycles. The van der Waals surface area contributed by atoms with Crippen molar-refractivity contribution >= 4 is 14.0 Å². The van der Waals surface area contributed by atoms with Gasteiger partial charge in [0.1, 0.15) is 11.4 Å². The topological polar surface area (TPSA) is 108 Å². The Morgan fingerprint density at radius 3 is 2.31 bits per heavy atom. The number of halogens is 1. The molecular formula is C27H29FNO5P. The Morgan fingerprint density at radius 1 is 1.09 bits per heavy atom. The fourth-order valence-corrected chi connectivity index (χ4v) is 5.81. The van der Waals surface area contributed by atoms with E-state index in [9.17, 15) is 28.9 Å². The number of carboxylic acids is 1. The number of hydrogen-bond acceptors (Lipinski definition) is 4. The van der Waals surface area contributed by atoms with Crippen LogP contribution in [0.15, 0.2) is 66.7 Å². The van der Waals surface area contributed by atoms with Crippen molar-refractivity contribution in [1.82, 2.24) is 4.98 Å². The Morgan fingerprint density at radius 2 is 1.74 bits per heavy atom. The second-order valence-electron chi connectivity index (χ2n) is 9.39. The predicted molar refractivity (Wildman–Crippen MR) is 132 cm³/mol. The molecule has 0 amide bonds. The standard InChI is InChI=1S/C27H29FNO5P/c1-18-7-14-23(29-24(18)21-5-3-2-4-6-21)26(32,17-20-10-12-22(28)13-11-20)27(25(30)31,35(33)34)16-15-19-8-9-19/h2-7,10-14,19,32,35H,8-9,15-17H2,1H3,(H,30,31)(H,33,34). The fraction of sp³-hybridized carbons (Fsp3) is 0.333. The molecule has 3 N–H and O–H groups in total. The molecule has 35 heavy (non-hydrogen) atoms. The first kappa shape index (κ1) is 25.2. The van der Waals surface area contributed by atoms with Crippen LogP contribution in [-0.2, 0) is 21.4 Å². The maximum atomic E-state index is 13.6. The largest absolute Gasteiger partial charge is 0.480 e. The SMILES string of the molecule is Cc1ccc(C(O)(Cc2ccc(F)cc2)C(CCC2CC2)(C(=O)O)[PH](=O)O)nc1-c1ccccc1. The minimum Gasteiger partial charge on any atom is -0.480 e. The highest BCUT2D eigenvalue weighted by Gasteiger charge is 2.62. The van der Waals surface area contributed by atoms with Gasteiger partial charge in [-0.05, 0) is 55.0 Å². The van der Waals surface area contributed by atoms with Crippen LogP contribution in [-0.4, -0.2) is 31.2 Å².